The highest BCUT2D eigenvalue weighted by atomic mass is 16.6. The van der Waals surface area contributed by atoms with Crippen molar-refractivity contribution in [3.05, 3.63) is 30.2 Å². The summed E-state index contributed by atoms with van der Waals surface area (Å²) in [6.07, 6.45) is 1.48. The summed E-state index contributed by atoms with van der Waals surface area (Å²) in [6, 6.07) is 5.65. The lowest BCUT2D eigenvalue weighted by molar-refractivity contribution is 0.0137. The minimum atomic E-state index is -0.462. The van der Waals surface area contributed by atoms with E-state index in [1.54, 1.807) is 11.1 Å². The largest absolute Gasteiger partial charge is 0.444 e. The molecule has 1 N–H and O–H groups in total. The number of aromatic nitrogens is 4. The molecule has 8 nitrogen and oxygen atoms in total. The molecule has 2 aromatic rings. The Hall–Kier alpha value is -2.48. The van der Waals surface area contributed by atoms with Gasteiger partial charge in [0.05, 0.1) is 6.54 Å². The van der Waals surface area contributed by atoms with Crippen molar-refractivity contribution in [1.29, 1.82) is 0 Å². The number of pyridine rings is 1. The standard InChI is InChI=1S/C17H24N6O2/c1-17(2,3)25-16(24)23-10-8-22(9-11-23)12-14-19-15(21-20-14)13-6-4-5-7-18-13/h4-7H,8-12H2,1-3H3,(H,19,20,21). The third kappa shape index (κ3) is 4.76. The van der Waals surface area contributed by atoms with Crippen molar-refractivity contribution in [1.82, 2.24) is 30.0 Å². The number of ether oxygens (including phenoxy) is 1. The van der Waals surface area contributed by atoms with Crippen LogP contribution in [0, 0.1) is 0 Å². The molecule has 0 spiro atoms. The Bertz CT molecular complexity index is 701. The number of nitrogens with one attached hydrogen (secondary N) is 1. The SMILES string of the molecule is CC(C)(C)OC(=O)N1CCN(Cc2nc(-c3ccccn3)n[nH]2)CC1. The molecule has 3 heterocycles. The zero-order chi connectivity index (χ0) is 17.9. The molecule has 2 aromatic heterocycles. The van der Waals surface area contributed by atoms with Crippen molar-refractivity contribution in [2.75, 3.05) is 26.2 Å². The van der Waals surface area contributed by atoms with E-state index < -0.39 is 5.60 Å². The van der Waals surface area contributed by atoms with Gasteiger partial charge in [0, 0.05) is 32.4 Å². The molecule has 134 valence electrons. The van der Waals surface area contributed by atoms with Gasteiger partial charge in [-0.25, -0.2) is 9.78 Å². The Labute approximate surface area is 147 Å². The van der Waals surface area contributed by atoms with Crippen LogP contribution in [0.3, 0.4) is 0 Å². The number of carbonyl (C=O) groups is 1. The Morgan fingerprint density at radius 1 is 1.24 bits per heavy atom. The number of H-pyrrole nitrogens is 1. The Morgan fingerprint density at radius 3 is 2.64 bits per heavy atom. The van der Waals surface area contributed by atoms with E-state index in [2.05, 4.69) is 25.1 Å². The normalized spacial score (nSPS) is 16.0. The second kappa shape index (κ2) is 7.18. The van der Waals surface area contributed by atoms with Gasteiger partial charge in [-0.2, -0.15) is 5.10 Å². The van der Waals surface area contributed by atoms with Gasteiger partial charge in [-0.1, -0.05) is 6.07 Å². The third-order valence-corrected chi connectivity index (χ3v) is 3.82. The van der Waals surface area contributed by atoms with Crippen LogP contribution in [0.2, 0.25) is 0 Å². The van der Waals surface area contributed by atoms with E-state index in [-0.39, 0.29) is 6.09 Å². The lowest BCUT2D eigenvalue weighted by atomic mass is 10.2. The van der Waals surface area contributed by atoms with Gasteiger partial charge in [-0.15, -0.1) is 0 Å². The van der Waals surface area contributed by atoms with Crippen LogP contribution in [-0.2, 0) is 11.3 Å². The topological polar surface area (TPSA) is 87.2 Å². The molecule has 1 fully saturated rings. The van der Waals surface area contributed by atoms with Crippen molar-refractivity contribution < 1.29 is 9.53 Å². The van der Waals surface area contributed by atoms with Gasteiger partial charge in [0.25, 0.3) is 0 Å². The first-order valence-corrected chi connectivity index (χ1v) is 8.44. The number of hydrogen-bond donors (Lipinski definition) is 1. The molecule has 0 unspecified atom stereocenters. The summed E-state index contributed by atoms with van der Waals surface area (Å²) in [5.41, 5.74) is 0.287. The van der Waals surface area contributed by atoms with Gasteiger partial charge in [0.1, 0.15) is 17.1 Å². The van der Waals surface area contributed by atoms with E-state index in [9.17, 15) is 4.79 Å². The first-order valence-electron chi connectivity index (χ1n) is 8.44. The second-order valence-corrected chi connectivity index (χ2v) is 7.06. The van der Waals surface area contributed by atoms with Gasteiger partial charge in [-0.05, 0) is 32.9 Å². The van der Waals surface area contributed by atoms with Crippen molar-refractivity contribution in [2.24, 2.45) is 0 Å². The molecule has 0 atom stereocenters. The quantitative estimate of drug-likeness (QED) is 0.915. The second-order valence-electron chi connectivity index (χ2n) is 7.06. The van der Waals surface area contributed by atoms with Gasteiger partial charge in [-0.3, -0.25) is 15.0 Å². The molecule has 8 heteroatoms. The minimum absolute atomic E-state index is 0.246. The monoisotopic (exact) mass is 344 g/mol. The van der Waals surface area contributed by atoms with Crippen LogP contribution < -0.4 is 0 Å². The van der Waals surface area contributed by atoms with Crippen LogP contribution in [0.1, 0.15) is 26.6 Å². The minimum Gasteiger partial charge on any atom is -0.444 e. The lowest BCUT2D eigenvalue weighted by Gasteiger charge is -2.35. The van der Waals surface area contributed by atoms with Gasteiger partial charge >= 0.3 is 6.09 Å². The fourth-order valence-electron chi connectivity index (χ4n) is 2.60. The predicted molar refractivity (Wildman–Crippen MR) is 92.7 cm³/mol. The molecule has 0 aromatic carbocycles. The van der Waals surface area contributed by atoms with Gasteiger partial charge in [0.15, 0.2) is 5.82 Å². The molecule has 0 bridgehead atoms. The molecule has 1 aliphatic rings. The van der Waals surface area contributed by atoms with Crippen molar-refractivity contribution in [3.8, 4) is 11.5 Å². The molecule has 25 heavy (non-hydrogen) atoms. The molecular weight excluding hydrogens is 320 g/mol. The van der Waals surface area contributed by atoms with E-state index >= 15 is 0 Å². The van der Waals surface area contributed by atoms with Crippen LogP contribution in [0.4, 0.5) is 4.79 Å². The Kier molecular flexibility index (Phi) is 4.98. The molecule has 0 aliphatic carbocycles. The number of nitrogens with zero attached hydrogens (tertiary/aromatic N) is 5. The van der Waals surface area contributed by atoms with Crippen LogP contribution in [0.25, 0.3) is 11.5 Å². The molecule has 3 rings (SSSR count). The van der Waals surface area contributed by atoms with E-state index in [1.165, 1.54) is 0 Å². The number of amides is 1. The number of aromatic amines is 1. The maximum absolute atomic E-state index is 12.1. The Balaban J connectivity index is 1.51. The fourth-order valence-corrected chi connectivity index (χ4v) is 2.60. The molecule has 0 radical (unpaired) electrons. The zero-order valence-corrected chi connectivity index (χ0v) is 14.9. The van der Waals surface area contributed by atoms with Crippen LogP contribution in [0.5, 0.6) is 0 Å². The van der Waals surface area contributed by atoms with E-state index in [0.29, 0.717) is 25.5 Å². The summed E-state index contributed by atoms with van der Waals surface area (Å²) in [7, 11) is 0. The van der Waals surface area contributed by atoms with Gasteiger partial charge in [0.2, 0.25) is 0 Å². The number of piperazine rings is 1. The molecule has 1 amide bonds. The third-order valence-electron chi connectivity index (χ3n) is 3.82. The smallest absolute Gasteiger partial charge is 0.410 e. The van der Waals surface area contributed by atoms with Crippen molar-refractivity contribution in [3.63, 3.8) is 0 Å². The number of hydrogen-bond acceptors (Lipinski definition) is 6. The first-order chi connectivity index (χ1) is 11.9. The summed E-state index contributed by atoms with van der Waals surface area (Å²) in [6.45, 7) is 9.16. The average Bonchev–Trinajstić information content (AvgIpc) is 3.03. The molecule has 0 saturated carbocycles. The summed E-state index contributed by atoms with van der Waals surface area (Å²) in [4.78, 5) is 24.8. The fraction of sp³-hybridized carbons (Fsp3) is 0.529. The summed E-state index contributed by atoms with van der Waals surface area (Å²) in [5.74, 6) is 1.40. The predicted octanol–water partition coefficient (Wildman–Crippen LogP) is 1.92. The maximum Gasteiger partial charge on any atom is 0.410 e. The average molecular weight is 344 g/mol. The molecule has 1 aliphatic heterocycles. The number of carbonyl (C=O) groups excluding carboxylic acids is 1. The van der Waals surface area contributed by atoms with E-state index in [0.717, 1.165) is 24.6 Å². The number of rotatable bonds is 3. The Morgan fingerprint density at radius 2 is 2.00 bits per heavy atom. The van der Waals surface area contributed by atoms with Crippen LogP contribution in [0.15, 0.2) is 24.4 Å². The maximum atomic E-state index is 12.1. The van der Waals surface area contributed by atoms with Crippen molar-refractivity contribution in [2.45, 2.75) is 32.9 Å². The highest BCUT2D eigenvalue weighted by Crippen LogP contribution is 2.14. The lowest BCUT2D eigenvalue weighted by Crippen LogP contribution is -2.49. The van der Waals surface area contributed by atoms with Crippen LogP contribution in [-0.4, -0.2) is 67.8 Å². The van der Waals surface area contributed by atoms with E-state index in [4.69, 9.17) is 4.74 Å². The summed E-state index contributed by atoms with van der Waals surface area (Å²) < 4.78 is 5.42. The molecule has 1 saturated heterocycles. The zero-order valence-electron chi connectivity index (χ0n) is 14.9. The summed E-state index contributed by atoms with van der Waals surface area (Å²) >= 11 is 0. The van der Waals surface area contributed by atoms with Crippen molar-refractivity contribution >= 4 is 6.09 Å². The highest BCUT2D eigenvalue weighted by Gasteiger charge is 2.26. The van der Waals surface area contributed by atoms with E-state index in [1.807, 2.05) is 39.0 Å². The summed E-state index contributed by atoms with van der Waals surface area (Å²) in [5, 5.41) is 7.19. The van der Waals surface area contributed by atoms with Gasteiger partial charge < -0.3 is 9.64 Å². The molecular formula is C17H24N6O2. The highest BCUT2D eigenvalue weighted by molar-refractivity contribution is 5.68. The first kappa shape index (κ1) is 17.3. The van der Waals surface area contributed by atoms with Crippen LogP contribution >= 0.6 is 0 Å².